The molecule has 0 N–H and O–H groups in total. The Bertz CT molecular complexity index is 635. The average molecular weight is 297 g/mol. The molecule has 0 spiro atoms. The molecule has 3 rings (SSSR count). The first-order chi connectivity index (χ1) is 9.20. The Hall–Kier alpha value is -1.20. The lowest BCUT2D eigenvalue weighted by Crippen LogP contribution is -2.05. The summed E-state index contributed by atoms with van der Waals surface area (Å²) in [5, 5.41) is 0.442. The Morgan fingerprint density at radius 1 is 1.63 bits per heavy atom. The fraction of sp³-hybridized carbons (Fsp3) is 0.385. The molecular formula is C13H13ClN2O2S. The maximum Gasteiger partial charge on any atom is 0.337 e. The number of nitrogens with zero attached hydrogens (tertiary/aromatic N) is 2. The van der Waals surface area contributed by atoms with Gasteiger partial charge in [-0.15, -0.1) is 0 Å². The highest BCUT2D eigenvalue weighted by molar-refractivity contribution is 7.99. The van der Waals surface area contributed by atoms with Gasteiger partial charge in [0.05, 0.1) is 18.2 Å². The van der Waals surface area contributed by atoms with Crippen LogP contribution in [-0.4, -0.2) is 34.0 Å². The van der Waals surface area contributed by atoms with Crippen molar-refractivity contribution < 1.29 is 9.53 Å². The van der Waals surface area contributed by atoms with Crippen molar-refractivity contribution in [2.45, 2.75) is 12.3 Å². The van der Waals surface area contributed by atoms with Gasteiger partial charge in [-0.3, -0.25) is 0 Å². The monoisotopic (exact) mass is 296 g/mol. The van der Waals surface area contributed by atoms with E-state index in [0.29, 0.717) is 16.6 Å². The Morgan fingerprint density at radius 2 is 2.47 bits per heavy atom. The van der Waals surface area contributed by atoms with Gasteiger partial charge in [0.15, 0.2) is 5.15 Å². The maximum atomic E-state index is 11.5. The van der Waals surface area contributed by atoms with E-state index in [1.807, 2.05) is 22.4 Å². The van der Waals surface area contributed by atoms with E-state index in [1.54, 1.807) is 12.1 Å². The molecule has 1 saturated heterocycles. The third-order valence-corrected chi connectivity index (χ3v) is 4.78. The number of ether oxygens (including phenoxy) is 1. The highest BCUT2D eigenvalue weighted by atomic mass is 35.5. The fourth-order valence-electron chi connectivity index (χ4n) is 2.34. The Balaban J connectivity index is 2.09. The predicted molar refractivity (Wildman–Crippen MR) is 76.2 cm³/mol. The molecule has 0 saturated carbocycles. The maximum absolute atomic E-state index is 11.5. The lowest BCUT2D eigenvalue weighted by molar-refractivity contribution is 0.0600. The molecule has 1 aliphatic heterocycles. The minimum atomic E-state index is -0.363. The van der Waals surface area contributed by atoms with Crippen LogP contribution in [0.25, 0.3) is 5.52 Å². The molecule has 19 heavy (non-hydrogen) atoms. The van der Waals surface area contributed by atoms with E-state index in [1.165, 1.54) is 7.11 Å². The predicted octanol–water partition coefficient (Wildman–Crippen LogP) is 2.99. The number of thioether (sulfide) groups is 1. The number of carbonyl (C=O) groups is 1. The molecule has 1 fully saturated rings. The van der Waals surface area contributed by atoms with Crippen molar-refractivity contribution in [2.75, 3.05) is 18.6 Å². The standard InChI is InChI=1S/C13H13ClN2O2S/c1-18-13(17)8-2-4-16-10(6-8)11(14)15-12(16)9-3-5-19-7-9/h2,4,6,9H,3,5,7H2,1H3. The van der Waals surface area contributed by atoms with Gasteiger partial charge in [-0.2, -0.15) is 11.8 Å². The van der Waals surface area contributed by atoms with Crippen molar-refractivity contribution in [3.05, 3.63) is 34.9 Å². The topological polar surface area (TPSA) is 43.6 Å². The first-order valence-electron chi connectivity index (χ1n) is 6.04. The zero-order chi connectivity index (χ0) is 13.4. The number of methoxy groups -OCH3 is 1. The van der Waals surface area contributed by atoms with Crippen molar-refractivity contribution >= 4 is 34.8 Å². The summed E-state index contributed by atoms with van der Waals surface area (Å²) in [6, 6.07) is 3.47. The van der Waals surface area contributed by atoms with Crippen molar-refractivity contribution in [3.63, 3.8) is 0 Å². The van der Waals surface area contributed by atoms with Crippen molar-refractivity contribution in [1.82, 2.24) is 9.38 Å². The first-order valence-corrected chi connectivity index (χ1v) is 7.57. The molecule has 1 atom stereocenters. The molecule has 0 bridgehead atoms. The number of fused-ring (bicyclic) bond motifs is 1. The molecule has 3 heterocycles. The lowest BCUT2D eigenvalue weighted by Gasteiger charge is -2.07. The molecule has 0 radical (unpaired) electrons. The van der Waals surface area contributed by atoms with Crippen LogP contribution in [0.3, 0.4) is 0 Å². The van der Waals surface area contributed by atoms with Gasteiger partial charge >= 0.3 is 5.97 Å². The molecule has 2 aromatic rings. The van der Waals surface area contributed by atoms with Crippen molar-refractivity contribution in [2.24, 2.45) is 0 Å². The Morgan fingerprint density at radius 3 is 3.16 bits per heavy atom. The normalized spacial score (nSPS) is 18.9. The molecule has 0 aliphatic carbocycles. The van der Waals surface area contributed by atoms with Crippen LogP contribution in [0.15, 0.2) is 18.3 Å². The van der Waals surface area contributed by atoms with Crippen molar-refractivity contribution in [1.29, 1.82) is 0 Å². The minimum Gasteiger partial charge on any atom is -0.465 e. The number of halogens is 1. The molecule has 0 aromatic carbocycles. The van der Waals surface area contributed by atoms with E-state index in [9.17, 15) is 4.79 Å². The highest BCUT2D eigenvalue weighted by Crippen LogP contribution is 2.34. The molecule has 1 unspecified atom stereocenters. The van der Waals surface area contributed by atoms with Gasteiger partial charge in [-0.05, 0) is 24.3 Å². The quantitative estimate of drug-likeness (QED) is 0.799. The van der Waals surface area contributed by atoms with E-state index in [4.69, 9.17) is 16.3 Å². The molecule has 1 aliphatic rings. The second-order valence-electron chi connectivity index (χ2n) is 4.48. The van der Waals surface area contributed by atoms with Gasteiger partial charge in [0.2, 0.25) is 0 Å². The number of pyridine rings is 1. The summed E-state index contributed by atoms with van der Waals surface area (Å²) in [4.78, 5) is 16.0. The number of hydrogen-bond donors (Lipinski definition) is 0. The molecule has 4 nitrogen and oxygen atoms in total. The van der Waals surface area contributed by atoms with Crippen LogP contribution in [-0.2, 0) is 4.74 Å². The van der Waals surface area contributed by atoms with E-state index in [2.05, 4.69) is 4.98 Å². The zero-order valence-corrected chi connectivity index (χ0v) is 12.0. The molecule has 6 heteroatoms. The molecule has 0 amide bonds. The summed E-state index contributed by atoms with van der Waals surface area (Å²) in [6.07, 6.45) is 2.97. The highest BCUT2D eigenvalue weighted by Gasteiger charge is 2.23. The van der Waals surface area contributed by atoms with Gasteiger partial charge < -0.3 is 9.14 Å². The van der Waals surface area contributed by atoms with Gasteiger partial charge in [-0.25, -0.2) is 9.78 Å². The van der Waals surface area contributed by atoms with E-state index < -0.39 is 0 Å². The van der Waals surface area contributed by atoms with E-state index in [0.717, 1.165) is 29.3 Å². The number of aromatic nitrogens is 2. The Kier molecular flexibility index (Phi) is 3.41. The summed E-state index contributed by atoms with van der Waals surface area (Å²) < 4.78 is 6.69. The smallest absolute Gasteiger partial charge is 0.337 e. The number of carbonyl (C=O) groups excluding carboxylic acids is 1. The second-order valence-corrected chi connectivity index (χ2v) is 5.99. The Labute approximate surface area is 120 Å². The SMILES string of the molecule is COC(=O)c1ccn2c(C3CCSC3)nc(Cl)c2c1. The largest absolute Gasteiger partial charge is 0.465 e. The zero-order valence-electron chi connectivity index (χ0n) is 10.4. The summed E-state index contributed by atoms with van der Waals surface area (Å²) in [6.45, 7) is 0. The second kappa shape index (κ2) is 5.06. The fourth-order valence-corrected chi connectivity index (χ4v) is 3.79. The molecular weight excluding hydrogens is 284 g/mol. The summed E-state index contributed by atoms with van der Waals surface area (Å²) in [5.74, 6) is 3.30. The van der Waals surface area contributed by atoms with Crippen LogP contribution in [0.1, 0.15) is 28.5 Å². The summed E-state index contributed by atoms with van der Waals surface area (Å²) in [5.41, 5.74) is 1.25. The third-order valence-electron chi connectivity index (χ3n) is 3.34. The van der Waals surface area contributed by atoms with Gasteiger partial charge in [0.1, 0.15) is 5.82 Å². The summed E-state index contributed by atoms with van der Waals surface area (Å²) in [7, 11) is 1.37. The third kappa shape index (κ3) is 2.21. The van der Waals surface area contributed by atoms with Crippen molar-refractivity contribution in [3.8, 4) is 0 Å². The van der Waals surface area contributed by atoms with Crippen LogP contribution in [0.4, 0.5) is 0 Å². The molecule has 2 aromatic heterocycles. The van der Waals surface area contributed by atoms with E-state index >= 15 is 0 Å². The van der Waals surface area contributed by atoms with Crippen LogP contribution in [0.5, 0.6) is 0 Å². The van der Waals surface area contributed by atoms with E-state index in [-0.39, 0.29) is 5.97 Å². The average Bonchev–Trinajstić information content (AvgIpc) is 3.06. The van der Waals surface area contributed by atoms with Gasteiger partial charge in [0.25, 0.3) is 0 Å². The van der Waals surface area contributed by atoms with Crippen LogP contribution in [0.2, 0.25) is 5.15 Å². The molecule has 100 valence electrons. The van der Waals surface area contributed by atoms with Gasteiger partial charge in [-0.1, -0.05) is 11.6 Å². The number of imidazole rings is 1. The number of hydrogen-bond acceptors (Lipinski definition) is 4. The first kappa shape index (κ1) is 12.8. The van der Waals surface area contributed by atoms with Crippen LogP contribution < -0.4 is 0 Å². The number of esters is 1. The minimum absolute atomic E-state index is 0.363. The van der Waals surface area contributed by atoms with Gasteiger partial charge in [0, 0.05) is 17.9 Å². The van der Waals surface area contributed by atoms with Crippen LogP contribution >= 0.6 is 23.4 Å². The number of rotatable bonds is 2. The summed E-state index contributed by atoms with van der Waals surface area (Å²) >= 11 is 8.12. The van der Waals surface area contributed by atoms with Crippen LogP contribution in [0, 0.1) is 0 Å². The lowest BCUT2D eigenvalue weighted by atomic mass is 10.1.